The van der Waals surface area contributed by atoms with Gasteiger partial charge in [0.25, 0.3) is 0 Å². The molecule has 3 nitrogen and oxygen atoms in total. The second-order valence-electron chi connectivity index (χ2n) is 6.11. The number of rotatable bonds is 6. The highest BCUT2D eigenvalue weighted by molar-refractivity contribution is 5.76. The molecule has 16 heavy (non-hydrogen) atoms. The molecule has 0 aromatic carbocycles. The van der Waals surface area contributed by atoms with Crippen molar-refractivity contribution >= 4 is 5.91 Å². The van der Waals surface area contributed by atoms with Gasteiger partial charge in [0, 0.05) is 19.0 Å². The van der Waals surface area contributed by atoms with Gasteiger partial charge in [-0.1, -0.05) is 33.6 Å². The Hall–Kier alpha value is -0.570. The molecule has 0 radical (unpaired) electrons. The fraction of sp³-hybridized carbons (Fsp3) is 0.923. The monoisotopic (exact) mass is 226 g/mol. The fourth-order valence-electron chi connectivity index (χ4n) is 1.60. The van der Waals surface area contributed by atoms with Gasteiger partial charge in [0.1, 0.15) is 0 Å². The summed E-state index contributed by atoms with van der Waals surface area (Å²) in [7, 11) is 0. The summed E-state index contributed by atoms with van der Waals surface area (Å²) in [6.45, 7) is 7.01. The zero-order valence-electron chi connectivity index (χ0n) is 10.9. The highest BCUT2D eigenvalue weighted by atomic mass is 16.1. The SMILES string of the molecule is CC(C)(C)C(N)CC(=O)NCCCC1CC1. The van der Waals surface area contributed by atoms with Gasteiger partial charge in [-0.25, -0.2) is 0 Å². The Morgan fingerprint density at radius 2 is 2.06 bits per heavy atom. The van der Waals surface area contributed by atoms with Crippen molar-refractivity contribution < 1.29 is 4.79 Å². The third-order valence-electron chi connectivity index (χ3n) is 3.33. The van der Waals surface area contributed by atoms with Crippen LogP contribution in [0.4, 0.5) is 0 Å². The first-order valence-electron chi connectivity index (χ1n) is 6.42. The second kappa shape index (κ2) is 5.67. The maximum Gasteiger partial charge on any atom is 0.221 e. The van der Waals surface area contributed by atoms with Gasteiger partial charge in [-0.3, -0.25) is 4.79 Å². The molecule has 1 saturated carbocycles. The van der Waals surface area contributed by atoms with E-state index in [9.17, 15) is 4.79 Å². The molecule has 1 aliphatic rings. The Balaban J connectivity index is 2.05. The number of nitrogens with two attached hydrogens (primary N) is 1. The molecule has 1 rings (SSSR count). The van der Waals surface area contributed by atoms with E-state index in [0.717, 1.165) is 18.9 Å². The molecule has 1 atom stereocenters. The molecule has 0 heterocycles. The lowest BCUT2D eigenvalue weighted by atomic mass is 9.85. The Bertz CT molecular complexity index is 229. The van der Waals surface area contributed by atoms with Gasteiger partial charge < -0.3 is 11.1 Å². The van der Waals surface area contributed by atoms with Crippen molar-refractivity contribution in [3.63, 3.8) is 0 Å². The van der Waals surface area contributed by atoms with Gasteiger partial charge >= 0.3 is 0 Å². The quantitative estimate of drug-likeness (QED) is 0.681. The van der Waals surface area contributed by atoms with Crippen LogP contribution in [0, 0.1) is 11.3 Å². The molecule has 3 heteroatoms. The van der Waals surface area contributed by atoms with E-state index < -0.39 is 0 Å². The van der Waals surface area contributed by atoms with Crippen LogP contribution in [0.25, 0.3) is 0 Å². The predicted molar refractivity (Wildman–Crippen MR) is 67.0 cm³/mol. The van der Waals surface area contributed by atoms with Crippen LogP contribution >= 0.6 is 0 Å². The van der Waals surface area contributed by atoms with Gasteiger partial charge in [0.2, 0.25) is 5.91 Å². The van der Waals surface area contributed by atoms with Gasteiger partial charge in [0.15, 0.2) is 0 Å². The summed E-state index contributed by atoms with van der Waals surface area (Å²) in [6.07, 6.45) is 5.60. The predicted octanol–water partition coefficient (Wildman–Crippen LogP) is 2.06. The van der Waals surface area contributed by atoms with Gasteiger partial charge in [0.05, 0.1) is 0 Å². The summed E-state index contributed by atoms with van der Waals surface area (Å²) in [5.41, 5.74) is 5.96. The Morgan fingerprint density at radius 1 is 1.44 bits per heavy atom. The van der Waals surface area contributed by atoms with E-state index >= 15 is 0 Å². The van der Waals surface area contributed by atoms with E-state index in [2.05, 4.69) is 26.1 Å². The number of hydrogen-bond donors (Lipinski definition) is 2. The molecule has 1 unspecified atom stereocenters. The second-order valence-corrected chi connectivity index (χ2v) is 6.11. The maximum absolute atomic E-state index is 11.6. The summed E-state index contributed by atoms with van der Waals surface area (Å²) >= 11 is 0. The minimum atomic E-state index is -0.0593. The topological polar surface area (TPSA) is 55.1 Å². The number of amides is 1. The van der Waals surface area contributed by atoms with Gasteiger partial charge in [-0.05, 0) is 24.2 Å². The number of carbonyl (C=O) groups excluding carboxylic acids is 1. The van der Waals surface area contributed by atoms with Crippen molar-refractivity contribution in [1.82, 2.24) is 5.32 Å². The first-order chi connectivity index (χ1) is 7.39. The lowest BCUT2D eigenvalue weighted by Crippen LogP contribution is -2.40. The average Bonchev–Trinajstić information content (AvgIpc) is 2.94. The van der Waals surface area contributed by atoms with Crippen LogP contribution in [0.15, 0.2) is 0 Å². The van der Waals surface area contributed by atoms with E-state index in [4.69, 9.17) is 5.73 Å². The van der Waals surface area contributed by atoms with E-state index in [1.807, 2.05) is 0 Å². The molecule has 1 amide bonds. The molecule has 0 saturated heterocycles. The Morgan fingerprint density at radius 3 is 2.56 bits per heavy atom. The molecule has 1 aliphatic carbocycles. The summed E-state index contributed by atoms with van der Waals surface area (Å²) < 4.78 is 0. The van der Waals surface area contributed by atoms with Crippen LogP contribution < -0.4 is 11.1 Å². The third kappa shape index (κ3) is 5.50. The molecule has 0 aromatic rings. The number of carbonyl (C=O) groups is 1. The summed E-state index contributed by atoms with van der Waals surface area (Å²) in [6, 6.07) is -0.0593. The lowest BCUT2D eigenvalue weighted by Gasteiger charge is -2.26. The van der Waals surface area contributed by atoms with E-state index in [0.29, 0.717) is 6.42 Å². The minimum absolute atomic E-state index is 0.00531. The van der Waals surface area contributed by atoms with Crippen molar-refractivity contribution in [3.8, 4) is 0 Å². The Kier molecular flexibility index (Phi) is 4.78. The standard InChI is InChI=1S/C13H26N2O/c1-13(2,3)11(14)9-12(16)15-8-4-5-10-6-7-10/h10-11H,4-9,14H2,1-3H3,(H,15,16). The molecule has 0 bridgehead atoms. The lowest BCUT2D eigenvalue weighted by molar-refractivity contribution is -0.121. The summed E-state index contributed by atoms with van der Waals surface area (Å²) in [5.74, 6) is 1.05. The van der Waals surface area contributed by atoms with Crippen LogP contribution in [0.2, 0.25) is 0 Å². The van der Waals surface area contributed by atoms with Crippen LogP contribution in [-0.4, -0.2) is 18.5 Å². The fourth-order valence-corrected chi connectivity index (χ4v) is 1.60. The van der Waals surface area contributed by atoms with Crippen molar-refractivity contribution in [2.45, 2.75) is 58.9 Å². The highest BCUT2D eigenvalue weighted by Crippen LogP contribution is 2.33. The first-order valence-corrected chi connectivity index (χ1v) is 6.42. The largest absolute Gasteiger partial charge is 0.356 e. The van der Waals surface area contributed by atoms with Crippen molar-refractivity contribution in [2.75, 3.05) is 6.54 Å². The number of hydrogen-bond acceptors (Lipinski definition) is 2. The van der Waals surface area contributed by atoms with E-state index in [1.54, 1.807) is 0 Å². The van der Waals surface area contributed by atoms with Crippen LogP contribution in [0.3, 0.4) is 0 Å². The maximum atomic E-state index is 11.6. The Labute approximate surface area is 99.2 Å². The number of nitrogens with one attached hydrogen (secondary N) is 1. The molecule has 3 N–H and O–H groups in total. The summed E-state index contributed by atoms with van der Waals surface area (Å²) in [4.78, 5) is 11.6. The van der Waals surface area contributed by atoms with Gasteiger partial charge in [-0.2, -0.15) is 0 Å². The normalized spacial score (nSPS) is 18.2. The molecular weight excluding hydrogens is 200 g/mol. The van der Waals surface area contributed by atoms with Gasteiger partial charge in [-0.15, -0.1) is 0 Å². The molecule has 94 valence electrons. The summed E-state index contributed by atoms with van der Waals surface area (Å²) in [5, 5.41) is 2.95. The highest BCUT2D eigenvalue weighted by Gasteiger charge is 2.23. The average molecular weight is 226 g/mol. The van der Waals surface area contributed by atoms with Crippen LogP contribution in [0.1, 0.15) is 52.9 Å². The van der Waals surface area contributed by atoms with Crippen molar-refractivity contribution in [3.05, 3.63) is 0 Å². The van der Waals surface area contributed by atoms with E-state index in [-0.39, 0.29) is 17.4 Å². The minimum Gasteiger partial charge on any atom is -0.356 e. The molecule has 1 fully saturated rings. The van der Waals surface area contributed by atoms with Crippen LogP contribution in [-0.2, 0) is 4.79 Å². The third-order valence-corrected chi connectivity index (χ3v) is 3.33. The molecule has 0 spiro atoms. The van der Waals surface area contributed by atoms with Crippen molar-refractivity contribution in [2.24, 2.45) is 17.1 Å². The zero-order chi connectivity index (χ0) is 12.2. The molecular formula is C13H26N2O. The zero-order valence-corrected chi connectivity index (χ0v) is 10.9. The van der Waals surface area contributed by atoms with E-state index in [1.165, 1.54) is 19.3 Å². The molecule has 0 aromatic heterocycles. The smallest absolute Gasteiger partial charge is 0.221 e. The van der Waals surface area contributed by atoms with Crippen molar-refractivity contribution in [1.29, 1.82) is 0 Å². The van der Waals surface area contributed by atoms with Crippen LogP contribution in [0.5, 0.6) is 0 Å². The first kappa shape index (κ1) is 13.5. The molecule has 0 aliphatic heterocycles.